The molecule has 4 aromatic carbocycles. The maximum absolute atomic E-state index is 6.70. The van der Waals surface area contributed by atoms with Crippen LogP contribution < -0.4 is 36.8 Å². The van der Waals surface area contributed by atoms with E-state index in [-0.39, 0.29) is 0 Å². The van der Waals surface area contributed by atoms with Gasteiger partial charge in [0.2, 0.25) is 0 Å². The Morgan fingerprint density at radius 3 is 1.03 bits per heavy atom. The molecule has 1 aliphatic rings. The highest BCUT2D eigenvalue weighted by Gasteiger charge is 2.41. The lowest BCUT2D eigenvalue weighted by Gasteiger charge is -2.45. The summed E-state index contributed by atoms with van der Waals surface area (Å²) in [7, 11) is -7.00. The Labute approximate surface area is 467 Å². The zero-order chi connectivity index (χ0) is 53.4. The van der Waals surface area contributed by atoms with E-state index in [2.05, 4.69) is 164 Å². The molecule has 0 spiro atoms. The molecule has 6 rings (SSSR count). The van der Waals surface area contributed by atoms with Gasteiger partial charge in [0, 0.05) is 32.9 Å². The molecule has 2 nitrogen and oxygen atoms in total. The van der Waals surface area contributed by atoms with Crippen LogP contribution in [0.2, 0.25) is 54.4 Å². The molecule has 5 aromatic rings. The van der Waals surface area contributed by atoms with E-state index in [0.29, 0.717) is 6.04 Å². The lowest BCUT2D eigenvalue weighted by atomic mass is 9.96. The Kier molecular flexibility index (Phi) is 27.2. The Bertz CT molecular complexity index is 2160. The fourth-order valence-corrected chi connectivity index (χ4v) is 36.7. The van der Waals surface area contributed by atoms with Crippen molar-refractivity contribution in [2.75, 3.05) is 0 Å². The molecule has 0 saturated heterocycles. The molecular weight excluding hydrogens is 993 g/mol. The van der Waals surface area contributed by atoms with Gasteiger partial charge in [0.15, 0.2) is 0 Å². The van der Waals surface area contributed by atoms with Crippen molar-refractivity contribution in [3.63, 3.8) is 0 Å². The predicted octanol–water partition coefficient (Wildman–Crippen LogP) is 19.6. The molecule has 0 N–H and O–H groups in total. The number of hydrogen-bond acceptors (Lipinski definition) is 2. The van der Waals surface area contributed by atoms with Crippen LogP contribution in [0.15, 0.2) is 108 Å². The van der Waals surface area contributed by atoms with E-state index in [4.69, 9.17) is 4.42 Å². The van der Waals surface area contributed by atoms with Gasteiger partial charge < -0.3 is 4.42 Å². The fourth-order valence-electron chi connectivity index (χ4n) is 13.6. The van der Waals surface area contributed by atoms with Gasteiger partial charge in [0.05, 0.1) is 30.5 Å². The molecule has 1 unspecified atom stereocenters. The molecule has 7 heteroatoms. The fraction of sp³-hybridized carbons (Fsp3) is 0.618. The quantitative estimate of drug-likeness (QED) is 0.0291. The predicted molar refractivity (Wildman–Crippen MR) is 350 cm³/mol. The minimum absolute atomic E-state index is 0.492. The summed E-state index contributed by atoms with van der Waals surface area (Å²) in [4.78, 5) is 0. The SMILES string of the molecule is CCCC[Si](CCCC)(CCCC)c1ccc(P(c2ccc([Si](CCCC)(CCCC)CCCC)cc2)N(C2CCCCC2)P(c2ccc([Si](CCCC)(CCCC)CCCC)cc2)c2cccc3ccoc23)cc1. The lowest BCUT2D eigenvalue weighted by Crippen LogP contribution is -2.48. The van der Waals surface area contributed by atoms with Crippen LogP contribution in [0.5, 0.6) is 0 Å². The van der Waals surface area contributed by atoms with Gasteiger partial charge in [-0.25, -0.2) is 4.44 Å². The number of hydrogen-bond donors (Lipinski definition) is 0. The number of para-hydroxylation sites is 1. The van der Waals surface area contributed by atoms with Crippen molar-refractivity contribution in [2.24, 2.45) is 0 Å². The van der Waals surface area contributed by atoms with Crippen LogP contribution in [0.25, 0.3) is 11.0 Å². The summed E-state index contributed by atoms with van der Waals surface area (Å²) in [5, 5.41) is 12.5. The Hall–Kier alpha value is -2.11. The van der Waals surface area contributed by atoms with Gasteiger partial charge in [-0.1, -0.05) is 352 Å². The van der Waals surface area contributed by atoms with Crippen LogP contribution in [-0.2, 0) is 0 Å². The third kappa shape index (κ3) is 16.3. The number of benzene rings is 4. The van der Waals surface area contributed by atoms with Crippen molar-refractivity contribution in [3.8, 4) is 0 Å². The third-order valence-corrected chi connectivity index (χ3v) is 40.4. The molecule has 1 fully saturated rings. The summed E-state index contributed by atoms with van der Waals surface area (Å²) in [6, 6.07) is 55.3. The van der Waals surface area contributed by atoms with Crippen LogP contribution >= 0.6 is 16.1 Å². The van der Waals surface area contributed by atoms with E-state index >= 15 is 0 Å². The number of fused-ring (bicyclic) bond motifs is 1. The Morgan fingerprint density at radius 1 is 0.387 bits per heavy atom. The largest absolute Gasteiger partial charge is 0.464 e. The minimum atomic E-state index is -1.70. The van der Waals surface area contributed by atoms with Crippen LogP contribution in [0.1, 0.15) is 210 Å². The summed E-state index contributed by atoms with van der Waals surface area (Å²) in [6.45, 7) is 21.8. The van der Waals surface area contributed by atoms with Gasteiger partial charge in [-0.3, -0.25) is 0 Å². The van der Waals surface area contributed by atoms with E-state index in [1.807, 2.05) is 6.26 Å². The second-order valence-electron chi connectivity index (χ2n) is 23.8. The molecule has 1 saturated carbocycles. The molecule has 1 heterocycles. The van der Waals surface area contributed by atoms with Crippen molar-refractivity contribution < 1.29 is 4.42 Å². The third-order valence-electron chi connectivity index (χ3n) is 18.3. The van der Waals surface area contributed by atoms with E-state index in [1.54, 1.807) is 26.2 Å². The van der Waals surface area contributed by atoms with E-state index in [1.165, 1.54) is 218 Å². The highest BCUT2D eigenvalue weighted by Crippen LogP contribution is 2.58. The molecule has 1 atom stereocenters. The highest BCUT2D eigenvalue weighted by molar-refractivity contribution is 7.85. The zero-order valence-corrected chi connectivity index (χ0v) is 54.6. The lowest BCUT2D eigenvalue weighted by molar-refractivity contribution is 0.355. The normalized spacial score (nSPS) is 14.4. The average Bonchev–Trinajstić information content (AvgIpc) is 3.95. The van der Waals surface area contributed by atoms with Gasteiger partial charge in [0.25, 0.3) is 0 Å². The molecule has 414 valence electrons. The maximum Gasteiger partial charge on any atom is 0.143 e. The van der Waals surface area contributed by atoms with Crippen LogP contribution in [0.3, 0.4) is 0 Å². The zero-order valence-electron chi connectivity index (χ0n) is 49.8. The van der Waals surface area contributed by atoms with Crippen LogP contribution in [-0.4, -0.2) is 34.7 Å². The molecule has 0 amide bonds. The first-order chi connectivity index (χ1) is 36.8. The van der Waals surface area contributed by atoms with Gasteiger partial charge in [-0.2, -0.15) is 0 Å². The molecule has 0 bridgehead atoms. The molecule has 75 heavy (non-hydrogen) atoms. The number of furan rings is 1. The number of nitrogens with zero attached hydrogens (tertiary/aromatic N) is 1. The second-order valence-corrected chi connectivity index (χ2v) is 42.1. The molecule has 0 aliphatic heterocycles. The molecule has 1 aliphatic carbocycles. The Balaban J connectivity index is 1.64. The number of unbranched alkanes of at least 4 members (excludes halogenated alkanes) is 9. The molecule has 1 aromatic heterocycles. The topological polar surface area (TPSA) is 16.4 Å². The first-order valence-electron chi connectivity index (χ1n) is 31.9. The van der Waals surface area contributed by atoms with Crippen LogP contribution in [0.4, 0.5) is 0 Å². The molecule has 0 radical (unpaired) electrons. The van der Waals surface area contributed by atoms with Gasteiger partial charge in [0.1, 0.15) is 5.58 Å². The summed E-state index contributed by atoms with van der Waals surface area (Å²) in [5.41, 5.74) is 1.10. The molecular formula is C68H109NOP2Si3. The standard InChI is InChI=1S/C68H109NOP2Si3/c1-10-19-50-73(51-20-11-2,52-21-12-3)64-42-36-61(37-43-64)71(62-38-44-65(45-39-62)74(53-22-13-4,54-23-14-5)55-24-15-6)69(60-33-29-28-30-34-60)72(67-35-31-32-59-48-49-70-68(59)67)63-40-46-66(47-41-63)75(56-25-16-7,57-26-17-8)58-27-18-9/h31-32,35-49,60H,10-30,33-34,50-58H2,1-9H3. The smallest absolute Gasteiger partial charge is 0.143 e. The first kappa shape index (κ1) is 62.1. The van der Waals surface area contributed by atoms with Crippen molar-refractivity contribution in [3.05, 3.63) is 103 Å². The first-order valence-corrected chi connectivity index (χ1v) is 42.4. The monoisotopic (exact) mass is 1100 g/mol. The summed E-state index contributed by atoms with van der Waals surface area (Å²) >= 11 is 0. The minimum Gasteiger partial charge on any atom is -0.464 e. The van der Waals surface area contributed by atoms with E-state index in [9.17, 15) is 0 Å². The average molecular weight is 1100 g/mol. The Morgan fingerprint density at radius 2 is 0.707 bits per heavy atom. The van der Waals surface area contributed by atoms with Crippen molar-refractivity contribution >= 4 is 88.1 Å². The van der Waals surface area contributed by atoms with Crippen LogP contribution in [0, 0.1) is 0 Å². The summed E-state index contributed by atoms with van der Waals surface area (Å²) in [6.07, 6.45) is 32.5. The summed E-state index contributed by atoms with van der Waals surface area (Å²) < 4.78 is 9.93. The van der Waals surface area contributed by atoms with Gasteiger partial charge in [-0.05, 0) is 40.9 Å². The van der Waals surface area contributed by atoms with Crippen molar-refractivity contribution in [1.82, 2.24) is 4.44 Å². The van der Waals surface area contributed by atoms with Crippen molar-refractivity contribution in [1.29, 1.82) is 0 Å². The maximum atomic E-state index is 6.70. The van der Waals surface area contributed by atoms with Crippen molar-refractivity contribution in [2.45, 2.75) is 270 Å². The van der Waals surface area contributed by atoms with Gasteiger partial charge >= 0.3 is 0 Å². The van der Waals surface area contributed by atoms with E-state index < -0.39 is 40.4 Å². The van der Waals surface area contributed by atoms with E-state index in [0.717, 1.165) is 5.58 Å². The van der Waals surface area contributed by atoms with Gasteiger partial charge in [-0.15, -0.1) is 0 Å². The summed E-state index contributed by atoms with van der Waals surface area (Å²) in [5.74, 6) is 0. The second kappa shape index (κ2) is 32.8. The highest BCUT2D eigenvalue weighted by atomic mass is 31.2. The number of rotatable bonds is 37.